The number of benzene rings is 2. The third-order valence-corrected chi connectivity index (χ3v) is 4.29. The SMILES string of the molecule is CCOc1ccc(N(CCC#N)C(=O)COC(=O)/C=C/c2ccc(C(=O)OC)cc2)cc1. The fourth-order valence-electron chi connectivity index (χ4n) is 2.72. The first kappa shape index (κ1) is 24.2. The van der Waals surface area contributed by atoms with Gasteiger partial charge in [-0.05, 0) is 55.0 Å². The molecule has 0 aliphatic heterocycles. The van der Waals surface area contributed by atoms with Crippen molar-refractivity contribution in [3.63, 3.8) is 0 Å². The van der Waals surface area contributed by atoms with Gasteiger partial charge in [0.2, 0.25) is 0 Å². The number of nitriles is 1. The van der Waals surface area contributed by atoms with Crippen LogP contribution in [0.3, 0.4) is 0 Å². The third-order valence-electron chi connectivity index (χ3n) is 4.29. The lowest BCUT2D eigenvalue weighted by molar-refractivity contribution is -0.142. The monoisotopic (exact) mass is 436 g/mol. The smallest absolute Gasteiger partial charge is 0.337 e. The average Bonchev–Trinajstić information content (AvgIpc) is 2.82. The summed E-state index contributed by atoms with van der Waals surface area (Å²) in [5.74, 6) is -0.928. The van der Waals surface area contributed by atoms with Gasteiger partial charge in [-0.3, -0.25) is 4.79 Å². The molecule has 2 rings (SSSR count). The minimum atomic E-state index is -0.692. The molecule has 0 N–H and O–H groups in total. The Balaban J connectivity index is 1.96. The minimum Gasteiger partial charge on any atom is -0.494 e. The van der Waals surface area contributed by atoms with Gasteiger partial charge >= 0.3 is 11.9 Å². The Morgan fingerprint density at radius 3 is 2.34 bits per heavy atom. The Hall–Kier alpha value is -4.12. The fourth-order valence-corrected chi connectivity index (χ4v) is 2.72. The number of amides is 1. The van der Waals surface area contributed by atoms with Crippen LogP contribution in [-0.4, -0.2) is 44.7 Å². The topological polar surface area (TPSA) is 106 Å². The van der Waals surface area contributed by atoms with Crippen molar-refractivity contribution in [1.82, 2.24) is 0 Å². The maximum Gasteiger partial charge on any atom is 0.337 e. The lowest BCUT2D eigenvalue weighted by Crippen LogP contribution is -2.35. The van der Waals surface area contributed by atoms with Crippen LogP contribution in [0.15, 0.2) is 54.6 Å². The first-order chi connectivity index (χ1) is 15.5. The number of esters is 2. The largest absolute Gasteiger partial charge is 0.494 e. The van der Waals surface area contributed by atoms with Gasteiger partial charge in [0.05, 0.1) is 31.8 Å². The number of carbonyl (C=O) groups excluding carboxylic acids is 3. The van der Waals surface area contributed by atoms with E-state index in [4.69, 9.17) is 14.7 Å². The van der Waals surface area contributed by atoms with Gasteiger partial charge in [0, 0.05) is 18.3 Å². The Morgan fingerprint density at radius 2 is 1.75 bits per heavy atom. The van der Waals surface area contributed by atoms with E-state index < -0.39 is 24.5 Å². The second-order valence-electron chi connectivity index (χ2n) is 6.44. The van der Waals surface area contributed by atoms with Crippen molar-refractivity contribution in [2.45, 2.75) is 13.3 Å². The number of methoxy groups -OCH3 is 1. The number of hydrogen-bond donors (Lipinski definition) is 0. The van der Waals surface area contributed by atoms with E-state index in [0.717, 1.165) is 0 Å². The molecular weight excluding hydrogens is 412 g/mol. The van der Waals surface area contributed by atoms with Crippen LogP contribution in [0.25, 0.3) is 6.08 Å². The van der Waals surface area contributed by atoms with E-state index in [1.165, 1.54) is 24.2 Å². The van der Waals surface area contributed by atoms with Gasteiger partial charge in [-0.2, -0.15) is 5.26 Å². The van der Waals surface area contributed by atoms with Crippen molar-refractivity contribution in [1.29, 1.82) is 5.26 Å². The van der Waals surface area contributed by atoms with E-state index in [2.05, 4.69) is 4.74 Å². The average molecular weight is 436 g/mol. The molecule has 2 aromatic rings. The standard InChI is InChI=1S/C24H24N2O6/c1-3-31-21-12-10-20(11-13-21)26(16-4-15-25)22(27)17-32-23(28)14-7-18-5-8-19(9-6-18)24(29)30-2/h5-14H,3-4,16-17H2,1-2H3/b14-7+. The Kier molecular flexibility index (Phi) is 9.47. The summed E-state index contributed by atoms with van der Waals surface area (Å²) in [7, 11) is 1.30. The van der Waals surface area contributed by atoms with Crippen LogP contribution in [0.1, 0.15) is 29.3 Å². The van der Waals surface area contributed by atoms with Crippen molar-refractivity contribution in [2.24, 2.45) is 0 Å². The Bertz CT molecular complexity index is 991. The summed E-state index contributed by atoms with van der Waals surface area (Å²) < 4.78 is 15.1. The molecule has 0 bridgehead atoms. The summed E-state index contributed by atoms with van der Waals surface area (Å²) in [4.78, 5) is 37.4. The molecule has 0 saturated carbocycles. The van der Waals surface area contributed by atoms with Crippen molar-refractivity contribution in [2.75, 3.05) is 31.8 Å². The van der Waals surface area contributed by atoms with Crippen molar-refractivity contribution < 1.29 is 28.6 Å². The van der Waals surface area contributed by atoms with Crippen LogP contribution < -0.4 is 9.64 Å². The number of rotatable bonds is 10. The summed E-state index contributed by atoms with van der Waals surface area (Å²) in [6.45, 7) is 2.10. The van der Waals surface area contributed by atoms with Crippen molar-refractivity contribution in [3.05, 3.63) is 65.7 Å². The lowest BCUT2D eigenvalue weighted by Gasteiger charge is -2.21. The van der Waals surface area contributed by atoms with Crippen molar-refractivity contribution in [3.8, 4) is 11.8 Å². The maximum absolute atomic E-state index is 12.6. The van der Waals surface area contributed by atoms with Crippen LogP contribution in [0, 0.1) is 11.3 Å². The third kappa shape index (κ3) is 7.29. The molecule has 166 valence electrons. The number of hydrogen-bond acceptors (Lipinski definition) is 7. The zero-order chi connectivity index (χ0) is 23.3. The second-order valence-corrected chi connectivity index (χ2v) is 6.44. The van der Waals surface area contributed by atoms with Crippen LogP contribution in [0.5, 0.6) is 5.75 Å². The van der Waals surface area contributed by atoms with Gasteiger partial charge in [0.1, 0.15) is 5.75 Å². The zero-order valence-electron chi connectivity index (χ0n) is 17.9. The number of nitrogens with zero attached hydrogens (tertiary/aromatic N) is 2. The van der Waals surface area contributed by atoms with E-state index in [-0.39, 0.29) is 13.0 Å². The minimum absolute atomic E-state index is 0.133. The summed E-state index contributed by atoms with van der Waals surface area (Å²) in [6.07, 6.45) is 2.83. The zero-order valence-corrected chi connectivity index (χ0v) is 17.9. The quantitative estimate of drug-likeness (QED) is 0.415. The molecule has 32 heavy (non-hydrogen) atoms. The summed E-state index contributed by atoms with van der Waals surface area (Å²) in [6, 6.07) is 15.3. The molecule has 0 saturated heterocycles. The molecule has 8 heteroatoms. The Labute approximate surface area is 186 Å². The molecular formula is C24H24N2O6. The van der Waals surface area contributed by atoms with E-state index in [0.29, 0.717) is 29.2 Å². The predicted molar refractivity (Wildman–Crippen MR) is 118 cm³/mol. The molecule has 0 spiro atoms. The highest BCUT2D eigenvalue weighted by atomic mass is 16.5. The predicted octanol–water partition coefficient (Wildman–Crippen LogP) is 3.38. The van der Waals surface area contributed by atoms with Crippen LogP contribution in [-0.2, 0) is 19.1 Å². The second kappa shape index (κ2) is 12.5. The molecule has 0 atom stereocenters. The molecule has 0 radical (unpaired) electrons. The molecule has 0 fully saturated rings. The summed E-state index contributed by atoms with van der Waals surface area (Å²) in [5.41, 5.74) is 1.64. The number of carbonyl (C=O) groups is 3. The molecule has 0 aromatic heterocycles. The molecule has 0 aliphatic rings. The highest BCUT2D eigenvalue weighted by Gasteiger charge is 2.17. The highest BCUT2D eigenvalue weighted by molar-refractivity contribution is 5.96. The van der Waals surface area contributed by atoms with E-state index >= 15 is 0 Å². The fraction of sp³-hybridized carbons (Fsp3) is 0.250. The van der Waals surface area contributed by atoms with Gasteiger partial charge < -0.3 is 19.1 Å². The lowest BCUT2D eigenvalue weighted by atomic mass is 10.1. The first-order valence-electron chi connectivity index (χ1n) is 9.92. The number of ether oxygens (including phenoxy) is 3. The molecule has 0 unspecified atom stereocenters. The van der Waals surface area contributed by atoms with E-state index in [1.54, 1.807) is 48.5 Å². The molecule has 0 aliphatic carbocycles. The van der Waals surface area contributed by atoms with Crippen LogP contribution in [0.4, 0.5) is 5.69 Å². The molecule has 2 aromatic carbocycles. The number of anilines is 1. The van der Waals surface area contributed by atoms with Gasteiger partial charge in [-0.1, -0.05) is 12.1 Å². The normalized spacial score (nSPS) is 10.3. The van der Waals surface area contributed by atoms with E-state index in [9.17, 15) is 14.4 Å². The Morgan fingerprint density at radius 1 is 1.06 bits per heavy atom. The summed E-state index contributed by atoms with van der Waals surface area (Å²) in [5, 5.41) is 8.89. The molecule has 0 heterocycles. The van der Waals surface area contributed by atoms with Gasteiger partial charge in [0.25, 0.3) is 5.91 Å². The highest BCUT2D eigenvalue weighted by Crippen LogP contribution is 2.20. The summed E-state index contributed by atoms with van der Waals surface area (Å²) >= 11 is 0. The van der Waals surface area contributed by atoms with Gasteiger partial charge in [-0.25, -0.2) is 9.59 Å². The maximum atomic E-state index is 12.6. The first-order valence-corrected chi connectivity index (χ1v) is 9.92. The van der Waals surface area contributed by atoms with Crippen LogP contribution >= 0.6 is 0 Å². The van der Waals surface area contributed by atoms with Crippen LogP contribution in [0.2, 0.25) is 0 Å². The van der Waals surface area contributed by atoms with Gasteiger partial charge in [0.15, 0.2) is 6.61 Å². The van der Waals surface area contributed by atoms with E-state index in [1.807, 2.05) is 13.0 Å². The molecule has 8 nitrogen and oxygen atoms in total. The van der Waals surface area contributed by atoms with Crippen molar-refractivity contribution >= 4 is 29.6 Å². The van der Waals surface area contributed by atoms with Gasteiger partial charge in [-0.15, -0.1) is 0 Å². The molecule has 1 amide bonds.